The summed E-state index contributed by atoms with van der Waals surface area (Å²) in [6, 6.07) is 0.557. The van der Waals surface area contributed by atoms with Crippen LogP contribution in [0.5, 0.6) is 0 Å². The molecule has 1 aromatic heterocycles. The molecule has 1 aromatic rings. The molecule has 1 atom stereocenters. The van der Waals surface area contributed by atoms with E-state index in [2.05, 4.69) is 46.4 Å². The lowest BCUT2D eigenvalue weighted by Gasteiger charge is -2.19. The van der Waals surface area contributed by atoms with E-state index >= 15 is 0 Å². The van der Waals surface area contributed by atoms with Crippen LogP contribution in [0.15, 0.2) is 12.4 Å². The molecule has 4 heteroatoms. The highest BCUT2D eigenvalue weighted by Gasteiger charge is 2.10. The first kappa shape index (κ1) is 12.7. The van der Waals surface area contributed by atoms with E-state index in [1.54, 1.807) is 0 Å². The van der Waals surface area contributed by atoms with Gasteiger partial charge in [-0.15, -0.1) is 0 Å². The minimum Gasteiger partial charge on any atom is -0.313 e. The van der Waals surface area contributed by atoms with Gasteiger partial charge in [-0.05, 0) is 24.4 Å². The molecular formula is C11H20BrN3. The second-order valence-corrected chi connectivity index (χ2v) is 4.88. The summed E-state index contributed by atoms with van der Waals surface area (Å²) in [6.07, 6.45) is 5.05. The van der Waals surface area contributed by atoms with Crippen molar-refractivity contribution in [3.63, 3.8) is 0 Å². The molecule has 0 saturated heterocycles. The largest absolute Gasteiger partial charge is 0.313 e. The maximum absolute atomic E-state index is 4.15. The Morgan fingerprint density at radius 2 is 2.27 bits per heavy atom. The zero-order valence-electron chi connectivity index (χ0n) is 9.70. The van der Waals surface area contributed by atoms with Crippen LogP contribution >= 0.6 is 15.9 Å². The van der Waals surface area contributed by atoms with Gasteiger partial charge in [0.15, 0.2) is 0 Å². The van der Waals surface area contributed by atoms with Crippen LogP contribution in [0.25, 0.3) is 0 Å². The molecule has 1 heterocycles. The molecule has 0 aliphatic heterocycles. The van der Waals surface area contributed by atoms with Crippen molar-refractivity contribution in [1.82, 2.24) is 15.1 Å². The molecule has 0 bridgehead atoms. The summed E-state index contributed by atoms with van der Waals surface area (Å²) in [6.45, 7) is 5.49. The average molecular weight is 274 g/mol. The van der Waals surface area contributed by atoms with Crippen LogP contribution in [-0.2, 0) is 13.5 Å². The lowest BCUT2D eigenvalue weighted by atomic mass is 10.1. The van der Waals surface area contributed by atoms with Crippen molar-refractivity contribution >= 4 is 15.9 Å². The molecular weight excluding hydrogens is 254 g/mol. The maximum atomic E-state index is 4.15. The summed E-state index contributed by atoms with van der Waals surface area (Å²) in [4.78, 5) is 0. The molecule has 0 aromatic carbocycles. The van der Waals surface area contributed by atoms with Gasteiger partial charge >= 0.3 is 0 Å². The first-order valence-electron chi connectivity index (χ1n) is 5.40. The third-order valence-corrected chi connectivity index (χ3v) is 3.25. The van der Waals surface area contributed by atoms with Crippen LogP contribution in [0.3, 0.4) is 0 Å². The molecule has 15 heavy (non-hydrogen) atoms. The molecule has 0 amide bonds. The van der Waals surface area contributed by atoms with E-state index in [-0.39, 0.29) is 0 Å². The Hall–Kier alpha value is -0.350. The average Bonchev–Trinajstić information content (AvgIpc) is 2.58. The van der Waals surface area contributed by atoms with Crippen LogP contribution in [-0.4, -0.2) is 27.7 Å². The molecule has 1 rings (SSSR count). The van der Waals surface area contributed by atoms with Crippen molar-refractivity contribution in [1.29, 1.82) is 0 Å². The van der Waals surface area contributed by atoms with Gasteiger partial charge in [0.1, 0.15) is 0 Å². The van der Waals surface area contributed by atoms with Gasteiger partial charge in [-0.2, -0.15) is 5.10 Å². The number of nitrogens with one attached hydrogen (secondary N) is 1. The van der Waals surface area contributed by atoms with Crippen molar-refractivity contribution in [2.24, 2.45) is 13.0 Å². The number of nitrogens with zero attached hydrogens (tertiary/aromatic N) is 2. The fraction of sp³-hybridized carbons (Fsp3) is 0.727. The summed E-state index contributed by atoms with van der Waals surface area (Å²) in [5.74, 6) is 0.665. The molecule has 0 aliphatic carbocycles. The van der Waals surface area contributed by atoms with Gasteiger partial charge in [0.25, 0.3) is 0 Å². The van der Waals surface area contributed by atoms with Crippen LogP contribution in [0.1, 0.15) is 19.4 Å². The van der Waals surface area contributed by atoms with Crippen LogP contribution in [0.4, 0.5) is 0 Å². The molecule has 0 saturated carbocycles. The Morgan fingerprint density at radius 1 is 1.53 bits per heavy atom. The number of halogens is 1. The van der Waals surface area contributed by atoms with Crippen molar-refractivity contribution in [2.75, 3.05) is 11.9 Å². The highest BCUT2D eigenvalue weighted by molar-refractivity contribution is 9.09. The van der Waals surface area contributed by atoms with E-state index in [4.69, 9.17) is 0 Å². The number of hydrogen-bond acceptors (Lipinski definition) is 2. The van der Waals surface area contributed by atoms with Gasteiger partial charge in [0.05, 0.1) is 6.20 Å². The zero-order valence-corrected chi connectivity index (χ0v) is 11.3. The lowest BCUT2D eigenvalue weighted by Crippen LogP contribution is -2.36. The van der Waals surface area contributed by atoms with Gasteiger partial charge in [-0.25, -0.2) is 0 Å². The monoisotopic (exact) mass is 273 g/mol. The number of aryl methyl sites for hydroxylation is 1. The molecule has 86 valence electrons. The van der Waals surface area contributed by atoms with E-state index in [0.717, 1.165) is 18.3 Å². The van der Waals surface area contributed by atoms with E-state index in [1.807, 2.05) is 17.9 Å². The summed E-state index contributed by atoms with van der Waals surface area (Å²) < 4.78 is 1.85. The maximum Gasteiger partial charge on any atom is 0.0522 e. The van der Waals surface area contributed by atoms with Crippen LogP contribution in [0, 0.1) is 5.92 Å². The van der Waals surface area contributed by atoms with Crippen molar-refractivity contribution in [2.45, 2.75) is 26.3 Å². The summed E-state index contributed by atoms with van der Waals surface area (Å²) in [5.41, 5.74) is 1.29. The Balaban J connectivity index is 2.26. The molecule has 3 nitrogen and oxygen atoms in total. The first-order valence-corrected chi connectivity index (χ1v) is 6.52. The third kappa shape index (κ3) is 4.34. The van der Waals surface area contributed by atoms with Crippen LogP contribution < -0.4 is 5.32 Å². The van der Waals surface area contributed by atoms with Crippen molar-refractivity contribution in [3.8, 4) is 0 Å². The number of aromatic nitrogens is 2. The minimum atomic E-state index is 0.557. The number of rotatable bonds is 6. The fourth-order valence-electron chi connectivity index (χ4n) is 1.47. The molecule has 1 N–H and O–H groups in total. The molecule has 0 fully saturated rings. The molecule has 0 radical (unpaired) electrons. The van der Waals surface area contributed by atoms with Gasteiger partial charge in [0.2, 0.25) is 0 Å². The van der Waals surface area contributed by atoms with Gasteiger partial charge in [-0.1, -0.05) is 29.8 Å². The molecule has 1 unspecified atom stereocenters. The Morgan fingerprint density at radius 3 is 2.73 bits per heavy atom. The quantitative estimate of drug-likeness (QED) is 0.804. The lowest BCUT2D eigenvalue weighted by molar-refractivity contribution is 0.438. The standard InChI is InChI=1S/C11H20BrN3/c1-9(2)11(6-12)13-5-4-10-7-14-15(3)8-10/h7-9,11,13H,4-6H2,1-3H3. The van der Waals surface area contributed by atoms with Crippen molar-refractivity contribution in [3.05, 3.63) is 18.0 Å². The predicted octanol–water partition coefficient (Wildman–Crippen LogP) is 1.97. The second-order valence-electron chi connectivity index (χ2n) is 4.23. The fourth-order valence-corrected chi connectivity index (χ4v) is 2.45. The summed E-state index contributed by atoms with van der Waals surface area (Å²) >= 11 is 3.53. The van der Waals surface area contributed by atoms with E-state index in [9.17, 15) is 0 Å². The van der Waals surface area contributed by atoms with E-state index in [0.29, 0.717) is 12.0 Å². The highest BCUT2D eigenvalue weighted by atomic mass is 79.9. The smallest absolute Gasteiger partial charge is 0.0522 e. The summed E-state index contributed by atoms with van der Waals surface area (Å²) in [5, 5.41) is 8.70. The minimum absolute atomic E-state index is 0.557. The first-order chi connectivity index (χ1) is 7.13. The topological polar surface area (TPSA) is 29.9 Å². The predicted molar refractivity (Wildman–Crippen MR) is 67.3 cm³/mol. The SMILES string of the molecule is CC(C)C(CBr)NCCc1cnn(C)c1. The van der Waals surface area contributed by atoms with Crippen LogP contribution in [0.2, 0.25) is 0 Å². The molecule has 0 aliphatic rings. The highest BCUT2D eigenvalue weighted by Crippen LogP contribution is 2.05. The second kappa shape index (κ2) is 6.28. The van der Waals surface area contributed by atoms with Gasteiger partial charge < -0.3 is 5.32 Å². The van der Waals surface area contributed by atoms with Crippen molar-refractivity contribution < 1.29 is 0 Å². The normalized spacial score (nSPS) is 13.4. The zero-order chi connectivity index (χ0) is 11.3. The Labute approximate surface area is 100 Å². The Kier molecular flexibility index (Phi) is 5.32. The van der Waals surface area contributed by atoms with E-state index in [1.165, 1.54) is 5.56 Å². The number of hydrogen-bond donors (Lipinski definition) is 1. The van der Waals surface area contributed by atoms with Gasteiger partial charge in [-0.3, -0.25) is 4.68 Å². The molecule has 0 spiro atoms. The third-order valence-electron chi connectivity index (χ3n) is 2.55. The number of alkyl halides is 1. The van der Waals surface area contributed by atoms with Gasteiger partial charge in [0, 0.05) is 24.6 Å². The Bertz CT molecular complexity index is 283. The van der Waals surface area contributed by atoms with E-state index < -0.39 is 0 Å². The summed E-state index contributed by atoms with van der Waals surface area (Å²) in [7, 11) is 1.95.